The van der Waals surface area contributed by atoms with Crippen molar-refractivity contribution in [1.82, 2.24) is 19.9 Å². The SMILES string of the molecule is CC(=O)C=C(C)O.CC(=O)C=C(C)O.CC(=O)C=C(C)O.CC(=O)C=C(C)O.[Ir].[Ir].[Ir].[Ir].[c-]1c(-c2ccccn2)sc2ccccc12.[c-]1ccc2ccccc2c1-c1ccccn1.[c-]1ccccc1-c1ccc2ccccc2n1.[c-]1ccccc1-c1nccc2ccccc12. The molecule has 0 saturated carbocycles. The maximum Gasteiger partial charge on any atom is 0.155 e. The number of pyridine rings is 4. The number of aliphatic hydroxyl groups excluding tert-OH is 4. The van der Waals surface area contributed by atoms with E-state index in [-0.39, 0.29) is 127 Å². The van der Waals surface area contributed by atoms with Gasteiger partial charge < -0.3 is 35.4 Å². The molecule has 496 valence electrons. The van der Waals surface area contributed by atoms with E-state index in [4.69, 9.17) is 20.4 Å². The number of hydrogen-bond acceptors (Lipinski definition) is 13. The number of carbonyl (C=O) groups is 4. The summed E-state index contributed by atoms with van der Waals surface area (Å²) >= 11 is 1.73. The molecular formula is C78H70Ir4N4O8S-4. The van der Waals surface area contributed by atoms with Crippen LogP contribution in [0.4, 0.5) is 0 Å². The van der Waals surface area contributed by atoms with Crippen LogP contribution in [0.2, 0.25) is 0 Å². The van der Waals surface area contributed by atoms with Crippen LogP contribution in [0.1, 0.15) is 55.4 Å². The van der Waals surface area contributed by atoms with Crippen molar-refractivity contribution >= 4 is 77.0 Å². The number of aliphatic hydroxyl groups is 4. The van der Waals surface area contributed by atoms with Crippen LogP contribution in [0.5, 0.6) is 0 Å². The van der Waals surface area contributed by atoms with Crippen molar-refractivity contribution in [1.29, 1.82) is 0 Å². The first kappa shape index (κ1) is 84.3. The quantitative estimate of drug-likeness (QED) is 0.0638. The number of hydrogen-bond donors (Lipinski definition) is 4. The van der Waals surface area contributed by atoms with E-state index in [2.05, 4.69) is 105 Å². The van der Waals surface area contributed by atoms with Crippen molar-refractivity contribution < 1.29 is 120 Å². The maximum absolute atomic E-state index is 10.0. The minimum atomic E-state index is -0.125. The number of ketones is 4. The van der Waals surface area contributed by atoms with Gasteiger partial charge in [0.1, 0.15) is 0 Å². The van der Waals surface area contributed by atoms with Crippen molar-refractivity contribution in [2.75, 3.05) is 0 Å². The number of rotatable bonds is 8. The van der Waals surface area contributed by atoms with Gasteiger partial charge in [0.2, 0.25) is 0 Å². The van der Waals surface area contributed by atoms with Crippen LogP contribution >= 0.6 is 11.3 Å². The Hall–Kier alpha value is -8.68. The van der Waals surface area contributed by atoms with Gasteiger partial charge in [0.05, 0.1) is 28.6 Å². The molecule has 0 bridgehead atoms. The van der Waals surface area contributed by atoms with Crippen LogP contribution in [0, 0.1) is 24.3 Å². The Morgan fingerprint density at radius 1 is 0.379 bits per heavy atom. The van der Waals surface area contributed by atoms with Gasteiger partial charge in [0, 0.05) is 129 Å². The van der Waals surface area contributed by atoms with Crippen LogP contribution in [0.15, 0.2) is 278 Å². The summed E-state index contributed by atoms with van der Waals surface area (Å²) in [6, 6.07) is 83.9. The monoisotopic (exact) mass is 1990 g/mol. The van der Waals surface area contributed by atoms with Gasteiger partial charge in [0.15, 0.2) is 23.1 Å². The molecule has 0 atom stereocenters. The molecule has 5 aromatic heterocycles. The van der Waals surface area contributed by atoms with Crippen molar-refractivity contribution in [2.45, 2.75) is 55.4 Å². The molecule has 0 fully saturated rings. The first-order chi connectivity index (χ1) is 43.8. The predicted molar refractivity (Wildman–Crippen MR) is 370 cm³/mol. The van der Waals surface area contributed by atoms with Crippen molar-refractivity contribution in [2.24, 2.45) is 0 Å². The fraction of sp³-hybridized carbons (Fsp3) is 0.103. The second-order valence-electron chi connectivity index (χ2n) is 19.8. The number of fused-ring (bicyclic) bond motifs is 4. The van der Waals surface area contributed by atoms with Crippen molar-refractivity contribution in [3.63, 3.8) is 0 Å². The van der Waals surface area contributed by atoms with Gasteiger partial charge in [-0.3, -0.25) is 24.2 Å². The fourth-order valence-corrected chi connectivity index (χ4v) is 9.22. The van der Waals surface area contributed by atoms with E-state index in [0.717, 1.165) is 49.9 Å². The number of carbonyl (C=O) groups excluding carboxylic acids is 4. The molecule has 0 aliphatic heterocycles. The summed E-state index contributed by atoms with van der Waals surface area (Å²) in [6.45, 7) is 11.4. The zero-order chi connectivity index (χ0) is 65.9. The Morgan fingerprint density at radius 2 is 0.832 bits per heavy atom. The normalized spacial score (nSPS) is 10.4. The summed E-state index contributed by atoms with van der Waals surface area (Å²) in [5.41, 5.74) is 8.11. The molecule has 0 unspecified atom stereocenters. The molecule has 12 nitrogen and oxygen atoms in total. The third-order valence-corrected chi connectivity index (χ3v) is 12.8. The third kappa shape index (κ3) is 31.9. The largest absolute Gasteiger partial charge is 0.512 e. The molecule has 0 aliphatic rings. The third-order valence-electron chi connectivity index (χ3n) is 11.8. The number of benzene rings is 7. The molecule has 0 saturated heterocycles. The minimum Gasteiger partial charge on any atom is -0.512 e. The van der Waals surface area contributed by atoms with E-state index in [9.17, 15) is 19.2 Å². The van der Waals surface area contributed by atoms with Crippen molar-refractivity contribution in [3.05, 3.63) is 303 Å². The molecular weight excluding hydrogens is 1920 g/mol. The van der Waals surface area contributed by atoms with Gasteiger partial charge in [0.25, 0.3) is 0 Å². The van der Waals surface area contributed by atoms with Gasteiger partial charge in [-0.2, -0.15) is 0 Å². The zero-order valence-corrected chi connectivity index (χ0v) is 63.6. The molecule has 0 aliphatic carbocycles. The predicted octanol–water partition coefficient (Wildman–Crippen LogP) is 19.0. The number of nitrogens with zero attached hydrogens (tertiary/aromatic N) is 4. The van der Waals surface area contributed by atoms with Crippen LogP contribution < -0.4 is 0 Å². The number of aromatic nitrogens is 4. The Labute approximate surface area is 613 Å². The standard InChI is InChI=1S/3C15H10N.C13H8NS.4C5H8O2.4Ir/c1-2-8-13-12(6-1)7-5-9-14(13)15-10-3-4-11-16-15;1-2-7-13(8-3-1)15-14-9-5-4-6-12(14)10-11-16-15;1-2-6-12(7-3-1)15-11-10-13-8-4-5-9-14(13)16-15;1-2-7-12-10(5-1)9-13(15-12)11-6-3-4-8-14-11;4*1-4(6)3-5(2)7;;;;/h1-8,10-11H;1-7,9-11H;1-6,8-11H;1-8H;4*3,6H,1-2H3;;;;/q4*-1;;;;;;;;. The Balaban J connectivity index is 0.000000555. The average Bonchev–Trinajstić information content (AvgIpc) is 1.41. The summed E-state index contributed by atoms with van der Waals surface area (Å²) in [4.78, 5) is 58.9. The van der Waals surface area contributed by atoms with Gasteiger partial charge in [-0.1, -0.05) is 121 Å². The van der Waals surface area contributed by atoms with Crippen LogP contribution in [-0.4, -0.2) is 63.5 Å². The molecule has 12 aromatic rings. The van der Waals surface area contributed by atoms with E-state index in [1.807, 2.05) is 170 Å². The molecule has 5 heterocycles. The van der Waals surface area contributed by atoms with Gasteiger partial charge in [-0.15, -0.1) is 125 Å². The second-order valence-corrected chi connectivity index (χ2v) is 20.9. The van der Waals surface area contributed by atoms with Crippen LogP contribution in [0.3, 0.4) is 0 Å². The molecule has 0 spiro atoms. The average molecular weight is 1990 g/mol. The van der Waals surface area contributed by atoms with Crippen LogP contribution in [-0.2, 0) is 99.6 Å². The first-order valence-electron chi connectivity index (χ1n) is 28.6. The topological polar surface area (TPSA) is 201 Å². The summed E-state index contributed by atoms with van der Waals surface area (Å²) < 4.78 is 1.26. The number of para-hydroxylation sites is 1. The first-order valence-corrected chi connectivity index (χ1v) is 29.4. The Kier molecular flexibility index (Phi) is 41.2. The van der Waals surface area contributed by atoms with Gasteiger partial charge in [-0.25, -0.2) is 11.3 Å². The minimum absolute atomic E-state index is 0. The van der Waals surface area contributed by atoms with E-state index in [1.165, 1.54) is 117 Å². The van der Waals surface area contributed by atoms with Gasteiger partial charge in [-0.05, 0) is 122 Å². The summed E-state index contributed by atoms with van der Waals surface area (Å²) in [5, 5.41) is 40.6. The molecule has 17 heteroatoms. The molecule has 0 amide bonds. The van der Waals surface area contributed by atoms with E-state index >= 15 is 0 Å². The number of allylic oxidation sites excluding steroid dienone is 8. The molecule has 7 aromatic carbocycles. The maximum atomic E-state index is 10.0. The zero-order valence-electron chi connectivity index (χ0n) is 53.2. The Morgan fingerprint density at radius 3 is 1.32 bits per heavy atom. The second kappa shape index (κ2) is 46.4. The van der Waals surface area contributed by atoms with Gasteiger partial charge >= 0.3 is 0 Å². The van der Waals surface area contributed by atoms with E-state index in [0.29, 0.717) is 0 Å². The molecule has 4 radical (unpaired) electrons. The molecule has 4 N–H and O–H groups in total. The number of thiophene rings is 1. The van der Waals surface area contributed by atoms with Crippen LogP contribution in [0.25, 0.3) is 86.9 Å². The summed E-state index contributed by atoms with van der Waals surface area (Å²) in [6.07, 6.45) is 10.1. The summed E-state index contributed by atoms with van der Waals surface area (Å²) in [7, 11) is 0. The molecule has 95 heavy (non-hydrogen) atoms. The van der Waals surface area contributed by atoms with E-state index in [1.54, 1.807) is 11.3 Å². The smallest absolute Gasteiger partial charge is 0.155 e. The fourth-order valence-electron chi connectivity index (χ4n) is 8.24. The molecule has 12 rings (SSSR count). The Bertz CT molecular complexity index is 4120. The van der Waals surface area contributed by atoms with Crippen molar-refractivity contribution in [3.8, 4) is 44.3 Å². The van der Waals surface area contributed by atoms with E-state index < -0.39 is 0 Å². The summed E-state index contributed by atoms with van der Waals surface area (Å²) in [5.74, 6) is -0.250.